The highest BCUT2D eigenvalue weighted by Gasteiger charge is 2.19. The third-order valence-electron chi connectivity index (χ3n) is 2.76. The summed E-state index contributed by atoms with van der Waals surface area (Å²) in [5.41, 5.74) is 1.44. The second kappa shape index (κ2) is 6.25. The summed E-state index contributed by atoms with van der Waals surface area (Å²) in [4.78, 5) is 0. The lowest BCUT2D eigenvalue weighted by Gasteiger charge is -2.09. The van der Waals surface area contributed by atoms with Gasteiger partial charge in [-0.2, -0.15) is 5.10 Å². The zero-order valence-corrected chi connectivity index (χ0v) is 12.0. The van der Waals surface area contributed by atoms with Crippen molar-refractivity contribution in [3.05, 3.63) is 51.8 Å². The van der Waals surface area contributed by atoms with E-state index in [0.29, 0.717) is 18.7 Å². The van der Waals surface area contributed by atoms with E-state index in [1.807, 2.05) is 24.3 Å². The summed E-state index contributed by atoms with van der Waals surface area (Å²) in [5, 5.41) is 6.93. The minimum atomic E-state index is -2.53. The zero-order chi connectivity index (χ0) is 13.8. The zero-order valence-electron chi connectivity index (χ0n) is 10.4. The predicted octanol–water partition coefficient (Wildman–Crippen LogP) is 3.35. The van der Waals surface area contributed by atoms with Crippen molar-refractivity contribution in [1.29, 1.82) is 0 Å². The van der Waals surface area contributed by atoms with E-state index in [4.69, 9.17) is 0 Å². The molecule has 3 nitrogen and oxygen atoms in total. The van der Waals surface area contributed by atoms with Gasteiger partial charge in [-0.3, -0.25) is 4.68 Å². The van der Waals surface area contributed by atoms with Gasteiger partial charge in [0.05, 0.1) is 12.7 Å². The van der Waals surface area contributed by atoms with E-state index < -0.39 is 6.43 Å². The van der Waals surface area contributed by atoms with Gasteiger partial charge in [0.25, 0.3) is 6.43 Å². The second-order valence-electron chi connectivity index (χ2n) is 4.17. The minimum Gasteiger partial charge on any atom is -0.316 e. The molecule has 0 aliphatic carbocycles. The molecule has 0 saturated heterocycles. The molecule has 102 valence electrons. The highest BCUT2D eigenvalue weighted by atomic mass is 79.9. The molecule has 0 fully saturated rings. The first kappa shape index (κ1) is 14.1. The van der Waals surface area contributed by atoms with E-state index >= 15 is 0 Å². The van der Waals surface area contributed by atoms with Gasteiger partial charge in [-0.15, -0.1) is 0 Å². The van der Waals surface area contributed by atoms with E-state index in [0.717, 1.165) is 10.0 Å². The third-order valence-corrected chi connectivity index (χ3v) is 3.25. The van der Waals surface area contributed by atoms with Gasteiger partial charge in [0.1, 0.15) is 5.69 Å². The maximum absolute atomic E-state index is 13.1. The molecule has 6 heteroatoms. The summed E-state index contributed by atoms with van der Waals surface area (Å²) in [7, 11) is 1.72. The Kier molecular flexibility index (Phi) is 4.66. The van der Waals surface area contributed by atoms with Crippen LogP contribution in [0.5, 0.6) is 0 Å². The maximum Gasteiger partial charge on any atom is 0.280 e. The molecule has 0 bridgehead atoms. The first-order chi connectivity index (χ1) is 9.11. The van der Waals surface area contributed by atoms with Crippen molar-refractivity contribution in [1.82, 2.24) is 15.1 Å². The van der Waals surface area contributed by atoms with Crippen molar-refractivity contribution in [2.24, 2.45) is 0 Å². The first-order valence-corrected chi connectivity index (χ1v) is 6.63. The van der Waals surface area contributed by atoms with Crippen molar-refractivity contribution < 1.29 is 8.78 Å². The van der Waals surface area contributed by atoms with Gasteiger partial charge >= 0.3 is 0 Å². The topological polar surface area (TPSA) is 29.9 Å². The Hall–Kier alpha value is -1.27. The number of halogens is 3. The number of aromatic nitrogens is 2. The van der Waals surface area contributed by atoms with Crippen LogP contribution in [0.4, 0.5) is 8.78 Å². The summed E-state index contributed by atoms with van der Waals surface area (Å²) in [6.45, 7) is 0.723. The van der Waals surface area contributed by atoms with Crippen LogP contribution in [0.3, 0.4) is 0 Å². The molecule has 1 aromatic heterocycles. The summed E-state index contributed by atoms with van der Waals surface area (Å²) in [6, 6.07) is 7.56. The Morgan fingerprint density at radius 2 is 2.21 bits per heavy atom. The number of rotatable bonds is 5. The number of benzene rings is 1. The van der Waals surface area contributed by atoms with Gasteiger partial charge in [0, 0.05) is 16.6 Å². The highest BCUT2D eigenvalue weighted by molar-refractivity contribution is 9.10. The van der Waals surface area contributed by atoms with Crippen LogP contribution in [-0.4, -0.2) is 16.8 Å². The van der Waals surface area contributed by atoms with Crippen LogP contribution in [0.25, 0.3) is 0 Å². The standard InChI is InChI=1S/C13H14BrF2N3/c1-17-6-10-7-18-19(12(10)13(15)16)8-9-3-2-4-11(14)5-9/h2-5,7,13,17H,6,8H2,1H3. The smallest absolute Gasteiger partial charge is 0.280 e. The maximum atomic E-state index is 13.1. The Bertz CT molecular complexity index is 555. The molecular formula is C13H14BrF2N3. The molecule has 0 radical (unpaired) electrons. The molecule has 19 heavy (non-hydrogen) atoms. The van der Waals surface area contributed by atoms with Crippen molar-refractivity contribution in [2.75, 3.05) is 7.05 Å². The molecule has 1 heterocycles. The lowest BCUT2D eigenvalue weighted by atomic mass is 10.2. The van der Waals surface area contributed by atoms with Gasteiger partial charge in [0.2, 0.25) is 0 Å². The van der Waals surface area contributed by atoms with Gasteiger partial charge < -0.3 is 5.32 Å². The van der Waals surface area contributed by atoms with E-state index in [2.05, 4.69) is 26.3 Å². The van der Waals surface area contributed by atoms with Gasteiger partial charge in [-0.1, -0.05) is 28.1 Å². The minimum absolute atomic E-state index is 0.0191. The number of nitrogens with zero attached hydrogens (tertiary/aromatic N) is 2. The molecule has 1 aromatic carbocycles. The Balaban J connectivity index is 2.29. The van der Waals surface area contributed by atoms with E-state index in [1.54, 1.807) is 7.05 Å². The molecule has 0 aliphatic rings. The molecule has 2 aromatic rings. The van der Waals surface area contributed by atoms with Crippen LogP contribution in [0.2, 0.25) is 0 Å². The van der Waals surface area contributed by atoms with Crippen molar-refractivity contribution in [3.8, 4) is 0 Å². The molecule has 0 amide bonds. The predicted molar refractivity (Wildman–Crippen MR) is 73.2 cm³/mol. The average Bonchev–Trinajstić information content (AvgIpc) is 2.72. The Morgan fingerprint density at radius 3 is 2.84 bits per heavy atom. The molecule has 0 unspecified atom stereocenters. The Morgan fingerprint density at radius 1 is 1.42 bits per heavy atom. The first-order valence-electron chi connectivity index (χ1n) is 5.83. The van der Waals surface area contributed by atoms with E-state index in [9.17, 15) is 8.78 Å². The highest BCUT2D eigenvalue weighted by Crippen LogP contribution is 2.24. The Labute approximate surface area is 118 Å². The summed E-state index contributed by atoms with van der Waals surface area (Å²) >= 11 is 3.37. The van der Waals surface area contributed by atoms with Gasteiger partial charge in [-0.25, -0.2) is 8.78 Å². The monoisotopic (exact) mass is 329 g/mol. The van der Waals surface area contributed by atoms with Crippen LogP contribution in [0.15, 0.2) is 34.9 Å². The van der Waals surface area contributed by atoms with Crippen molar-refractivity contribution >= 4 is 15.9 Å². The van der Waals surface area contributed by atoms with Crippen LogP contribution in [0, 0.1) is 0 Å². The molecule has 2 rings (SSSR count). The quantitative estimate of drug-likeness (QED) is 0.911. The number of hydrogen-bond donors (Lipinski definition) is 1. The van der Waals surface area contributed by atoms with E-state index in [1.165, 1.54) is 10.9 Å². The lowest BCUT2D eigenvalue weighted by Crippen LogP contribution is -2.11. The summed E-state index contributed by atoms with van der Waals surface area (Å²) < 4.78 is 28.5. The van der Waals surface area contributed by atoms with Crippen molar-refractivity contribution in [2.45, 2.75) is 19.5 Å². The normalized spacial score (nSPS) is 11.2. The van der Waals surface area contributed by atoms with Crippen LogP contribution >= 0.6 is 15.9 Å². The molecule has 0 spiro atoms. The molecule has 0 atom stereocenters. The van der Waals surface area contributed by atoms with Gasteiger partial charge in [0.15, 0.2) is 0 Å². The number of nitrogens with one attached hydrogen (secondary N) is 1. The summed E-state index contributed by atoms with van der Waals surface area (Å²) in [6.07, 6.45) is -1.03. The molecular weight excluding hydrogens is 316 g/mol. The van der Waals surface area contributed by atoms with Crippen LogP contribution in [-0.2, 0) is 13.1 Å². The number of alkyl halides is 2. The molecule has 0 aliphatic heterocycles. The lowest BCUT2D eigenvalue weighted by molar-refractivity contribution is 0.138. The second-order valence-corrected chi connectivity index (χ2v) is 5.09. The number of hydrogen-bond acceptors (Lipinski definition) is 2. The summed E-state index contributed by atoms with van der Waals surface area (Å²) in [5.74, 6) is 0. The molecule has 0 saturated carbocycles. The van der Waals surface area contributed by atoms with Crippen LogP contribution < -0.4 is 5.32 Å². The van der Waals surface area contributed by atoms with Crippen LogP contribution in [0.1, 0.15) is 23.2 Å². The largest absolute Gasteiger partial charge is 0.316 e. The third kappa shape index (κ3) is 3.39. The fourth-order valence-electron chi connectivity index (χ4n) is 1.95. The fourth-order valence-corrected chi connectivity index (χ4v) is 2.39. The van der Waals surface area contributed by atoms with Gasteiger partial charge in [-0.05, 0) is 24.7 Å². The average molecular weight is 330 g/mol. The van der Waals surface area contributed by atoms with Crippen molar-refractivity contribution in [3.63, 3.8) is 0 Å². The SMILES string of the molecule is CNCc1cnn(Cc2cccc(Br)c2)c1C(F)F. The van der Waals surface area contributed by atoms with E-state index in [-0.39, 0.29) is 5.69 Å². The molecule has 1 N–H and O–H groups in total. The fraction of sp³-hybridized carbons (Fsp3) is 0.308.